The number of carbonyl (C=O) groups excluding carboxylic acids is 2. The summed E-state index contributed by atoms with van der Waals surface area (Å²) in [6.45, 7) is 8.72. The first-order valence-electron chi connectivity index (χ1n) is 9.22. The van der Waals surface area contributed by atoms with Gasteiger partial charge in [0.25, 0.3) is 0 Å². The van der Waals surface area contributed by atoms with Crippen molar-refractivity contribution in [3.8, 4) is 11.5 Å². The highest BCUT2D eigenvalue weighted by atomic mass is 16.6. The third-order valence-electron chi connectivity index (χ3n) is 4.53. The number of aliphatic hydroxyl groups excluding tert-OH is 1. The lowest BCUT2D eigenvalue weighted by molar-refractivity contribution is -0.145. The van der Waals surface area contributed by atoms with Gasteiger partial charge in [-0.1, -0.05) is 6.07 Å². The number of rotatable bonds is 6. The first-order chi connectivity index (χ1) is 13.5. The van der Waals surface area contributed by atoms with Crippen LogP contribution in [-0.4, -0.2) is 31.3 Å². The monoisotopic (exact) mass is 404 g/mol. The fourth-order valence-corrected chi connectivity index (χ4v) is 2.91. The lowest BCUT2D eigenvalue weighted by atomic mass is 9.89. The summed E-state index contributed by atoms with van der Waals surface area (Å²) in [4.78, 5) is 24.6. The predicted molar refractivity (Wildman–Crippen MR) is 106 cm³/mol. The molecule has 0 aliphatic rings. The zero-order valence-corrected chi connectivity index (χ0v) is 17.9. The summed E-state index contributed by atoms with van der Waals surface area (Å²) in [7, 11) is 2.70. The maximum absolute atomic E-state index is 12.4. The number of benzene rings is 1. The van der Waals surface area contributed by atoms with E-state index < -0.39 is 29.4 Å². The Bertz CT molecular complexity index is 889. The summed E-state index contributed by atoms with van der Waals surface area (Å²) in [5.74, 6) is -0.341. The maximum Gasteiger partial charge on any atom is 0.316 e. The van der Waals surface area contributed by atoms with Crippen LogP contribution in [0.4, 0.5) is 0 Å². The van der Waals surface area contributed by atoms with Gasteiger partial charge in [0.1, 0.15) is 17.4 Å². The minimum Gasteiger partial charge on any atom is -0.493 e. The average Bonchev–Trinajstić information content (AvgIpc) is 2.98. The van der Waals surface area contributed by atoms with Gasteiger partial charge >= 0.3 is 11.9 Å². The number of methoxy groups -OCH3 is 2. The van der Waals surface area contributed by atoms with Gasteiger partial charge in [-0.05, 0) is 58.4 Å². The van der Waals surface area contributed by atoms with Gasteiger partial charge in [0.05, 0.1) is 25.7 Å². The highest BCUT2D eigenvalue weighted by Gasteiger charge is 2.34. The number of aliphatic hydroxyl groups is 1. The van der Waals surface area contributed by atoms with Gasteiger partial charge < -0.3 is 23.7 Å². The van der Waals surface area contributed by atoms with Gasteiger partial charge in [0.15, 0.2) is 11.5 Å². The Labute approximate surface area is 170 Å². The number of carbonyl (C=O) groups is 2. The molecule has 7 nitrogen and oxygen atoms in total. The van der Waals surface area contributed by atoms with Crippen LogP contribution in [0.5, 0.6) is 11.5 Å². The second-order valence-corrected chi connectivity index (χ2v) is 7.86. The highest BCUT2D eigenvalue weighted by molar-refractivity contribution is 5.80. The lowest BCUT2D eigenvalue weighted by Crippen LogP contribution is -2.26. The summed E-state index contributed by atoms with van der Waals surface area (Å²) < 4.78 is 21.2. The second kappa shape index (κ2) is 8.69. The molecule has 1 aromatic heterocycles. The summed E-state index contributed by atoms with van der Waals surface area (Å²) in [5, 5.41) is 11.0. The quantitative estimate of drug-likeness (QED) is 0.577. The number of hydrogen-bond donors (Lipinski definition) is 1. The number of ether oxygens (including phenoxy) is 3. The predicted octanol–water partition coefficient (Wildman–Crippen LogP) is 3.85. The average molecular weight is 404 g/mol. The van der Waals surface area contributed by atoms with Crippen molar-refractivity contribution in [1.82, 2.24) is 0 Å². The van der Waals surface area contributed by atoms with Crippen molar-refractivity contribution in [1.29, 1.82) is 0 Å². The third kappa shape index (κ3) is 4.98. The van der Waals surface area contributed by atoms with E-state index in [0.29, 0.717) is 22.6 Å². The molecule has 1 N–H and O–H groups in total. The van der Waals surface area contributed by atoms with Crippen LogP contribution < -0.4 is 9.47 Å². The molecular weight excluding hydrogens is 376 g/mol. The highest BCUT2D eigenvalue weighted by Crippen LogP contribution is 2.39. The largest absolute Gasteiger partial charge is 0.493 e. The molecule has 0 bridgehead atoms. The first kappa shape index (κ1) is 22.5. The molecule has 0 aliphatic heterocycles. The molecule has 7 heteroatoms. The Morgan fingerprint density at radius 3 is 2.21 bits per heavy atom. The summed E-state index contributed by atoms with van der Waals surface area (Å²) in [6, 6.07) is 6.35. The zero-order chi connectivity index (χ0) is 21.9. The molecular formula is C22H28O7. The van der Waals surface area contributed by atoms with Crippen LogP contribution in [0.2, 0.25) is 0 Å². The molecule has 0 fully saturated rings. The molecule has 1 aromatic carbocycles. The van der Waals surface area contributed by atoms with E-state index >= 15 is 0 Å². The molecule has 0 amide bonds. The van der Waals surface area contributed by atoms with E-state index in [2.05, 4.69) is 0 Å². The maximum atomic E-state index is 12.4. The molecule has 2 atom stereocenters. The fourth-order valence-electron chi connectivity index (χ4n) is 2.91. The van der Waals surface area contributed by atoms with Crippen LogP contribution in [-0.2, 0) is 14.3 Å². The molecule has 0 spiro atoms. The molecule has 158 valence electrons. The van der Waals surface area contributed by atoms with E-state index in [1.807, 2.05) is 0 Å². The smallest absolute Gasteiger partial charge is 0.316 e. The van der Waals surface area contributed by atoms with Gasteiger partial charge in [-0.15, -0.1) is 0 Å². The molecule has 0 saturated heterocycles. The van der Waals surface area contributed by atoms with Crippen LogP contribution in [0.15, 0.2) is 28.7 Å². The van der Waals surface area contributed by atoms with Crippen molar-refractivity contribution in [2.75, 3.05) is 14.2 Å². The third-order valence-corrected chi connectivity index (χ3v) is 4.53. The van der Waals surface area contributed by atoms with Crippen LogP contribution >= 0.6 is 0 Å². The molecule has 1 heterocycles. The van der Waals surface area contributed by atoms with Crippen molar-refractivity contribution in [2.24, 2.45) is 5.41 Å². The minimum atomic E-state index is -1.22. The number of hydrogen-bond acceptors (Lipinski definition) is 7. The Kier molecular flexibility index (Phi) is 6.74. The van der Waals surface area contributed by atoms with Crippen LogP contribution in [0.3, 0.4) is 0 Å². The topological polar surface area (TPSA) is 95.2 Å². The SMILES string of the molecule is COC(=O)C(c1cc(C)oc1C)[C@H](O)c1ccc(OC(=O)C(C)(C)C)c(OC)c1. The molecule has 0 aliphatic carbocycles. The van der Waals surface area contributed by atoms with Crippen molar-refractivity contribution in [2.45, 2.75) is 46.6 Å². The van der Waals surface area contributed by atoms with Gasteiger partial charge in [-0.2, -0.15) is 0 Å². The number of esters is 2. The Morgan fingerprint density at radius 2 is 1.72 bits per heavy atom. The van der Waals surface area contributed by atoms with E-state index in [1.165, 1.54) is 26.4 Å². The van der Waals surface area contributed by atoms with Crippen molar-refractivity contribution in [3.63, 3.8) is 0 Å². The van der Waals surface area contributed by atoms with Crippen molar-refractivity contribution >= 4 is 11.9 Å². The summed E-state index contributed by atoms with van der Waals surface area (Å²) >= 11 is 0. The molecule has 1 unspecified atom stereocenters. The van der Waals surface area contributed by atoms with E-state index in [4.69, 9.17) is 18.6 Å². The normalized spacial score (nSPS) is 13.5. The van der Waals surface area contributed by atoms with Gasteiger partial charge in [-0.25, -0.2) is 0 Å². The summed E-state index contributed by atoms with van der Waals surface area (Å²) in [6.07, 6.45) is -1.22. The van der Waals surface area contributed by atoms with Crippen LogP contribution in [0, 0.1) is 19.3 Å². The van der Waals surface area contributed by atoms with Crippen LogP contribution in [0.25, 0.3) is 0 Å². The Hall–Kier alpha value is -2.80. The van der Waals surface area contributed by atoms with Gasteiger partial charge in [-0.3, -0.25) is 9.59 Å². The Morgan fingerprint density at radius 1 is 1.07 bits per heavy atom. The van der Waals surface area contributed by atoms with E-state index in [1.54, 1.807) is 46.8 Å². The van der Waals surface area contributed by atoms with E-state index in [-0.39, 0.29) is 11.5 Å². The molecule has 2 aromatic rings. The van der Waals surface area contributed by atoms with Crippen molar-refractivity contribution < 1.29 is 33.3 Å². The number of furan rings is 1. The lowest BCUT2D eigenvalue weighted by Gasteiger charge is -2.22. The summed E-state index contributed by atoms with van der Waals surface area (Å²) in [5.41, 5.74) is 0.269. The molecule has 0 saturated carbocycles. The van der Waals surface area contributed by atoms with E-state index in [0.717, 1.165) is 0 Å². The molecule has 29 heavy (non-hydrogen) atoms. The van der Waals surface area contributed by atoms with Gasteiger partial charge in [0, 0.05) is 5.56 Å². The zero-order valence-electron chi connectivity index (χ0n) is 17.9. The molecule has 2 rings (SSSR count). The van der Waals surface area contributed by atoms with Crippen molar-refractivity contribution in [3.05, 3.63) is 46.9 Å². The first-order valence-corrected chi connectivity index (χ1v) is 9.22. The fraction of sp³-hybridized carbons (Fsp3) is 0.455. The number of aryl methyl sites for hydroxylation is 2. The standard InChI is InChI=1S/C22H28O7/c1-12-10-15(13(2)28-12)18(20(24)27-7)19(23)14-8-9-16(17(11-14)26-6)29-21(25)22(3,4)5/h8-11,18-19,23H,1-7H3/t18?,19-/m1/s1. The van der Waals surface area contributed by atoms with Crippen LogP contribution in [0.1, 0.15) is 55.4 Å². The molecule has 0 radical (unpaired) electrons. The Balaban J connectivity index is 2.42. The van der Waals surface area contributed by atoms with E-state index in [9.17, 15) is 14.7 Å². The second-order valence-electron chi connectivity index (χ2n) is 7.86. The van der Waals surface area contributed by atoms with Gasteiger partial charge in [0.2, 0.25) is 0 Å². The minimum absolute atomic E-state index is 0.230.